The number of carbonyl (C=O) groups excluding carboxylic acids is 1. The zero-order valence-corrected chi connectivity index (χ0v) is 10.6. The van der Waals surface area contributed by atoms with Crippen molar-refractivity contribution in [3.05, 3.63) is 33.8 Å². The van der Waals surface area contributed by atoms with Crippen molar-refractivity contribution >= 4 is 35.1 Å². The molecular weight excluding hydrogens is 265 g/mol. The summed E-state index contributed by atoms with van der Waals surface area (Å²) in [6, 6.07) is 4.82. The number of rotatable bonds is 4. The number of likely N-dealkylation sites (N-methyl/N-ethyl adjacent to an activating group) is 1. The van der Waals surface area contributed by atoms with E-state index in [2.05, 4.69) is 0 Å². The fourth-order valence-corrected chi connectivity index (χ4v) is 1.88. The summed E-state index contributed by atoms with van der Waals surface area (Å²) in [5.74, 6) is -1.35. The Labute approximate surface area is 109 Å². The molecular formula is C11H11Cl2NO3. The summed E-state index contributed by atoms with van der Waals surface area (Å²) in [6.07, 6.45) is 0.0735. The van der Waals surface area contributed by atoms with Crippen LogP contribution in [0.25, 0.3) is 0 Å². The molecule has 1 rings (SSSR count). The number of hydrogen-bond donors (Lipinski definition) is 1. The molecule has 0 radical (unpaired) electrons. The van der Waals surface area contributed by atoms with Gasteiger partial charge < -0.3 is 10.0 Å². The minimum absolute atomic E-state index is 0.0735. The first-order valence-electron chi connectivity index (χ1n) is 4.79. The fraction of sp³-hybridized carbons (Fsp3) is 0.273. The largest absolute Gasteiger partial charge is 0.480 e. The van der Waals surface area contributed by atoms with Gasteiger partial charge in [-0.25, -0.2) is 0 Å². The van der Waals surface area contributed by atoms with E-state index in [1.54, 1.807) is 18.2 Å². The fourth-order valence-electron chi connectivity index (χ4n) is 1.31. The topological polar surface area (TPSA) is 57.6 Å². The summed E-state index contributed by atoms with van der Waals surface area (Å²) in [6.45, 7) is -0.326. The molecule has 0 saturated carbocycles. The van der Waals surface area contributed by atoms with Crippen LogP contribution in [-0.4, -0.2) is 35.5 Å². The Morgan fingerprint density at radius 2 is 1.76 bits per heavy atom. The lowest BCUT2D eigenvalue weighted by Crippen LogP contribution is -2.33. The highest BCUT2D eigenvalue weighted by Gasteiger charge is 2.13. The monoisotopic (exact) mass is 275 g/mol. The number of carbonyl (C=O) groups is 2. The van der Waals surface area contributed by atoms with E-state index >= 15 is 0 Å². The second-order valence-corrected chi connectivity index (χ2v) is 4.47. The first-order chi connectivity index (χ1) is 7.88. The van der Waals surface area contributed by atoms with Crippen molar-refractivity contribution in [1.29, 1.82) is 0 Å². The molecule has 0 unspecified atom stereocenters. The van der Waals surface area contributed by atoms with Gasteiger partial charge in [-0.3, -0.25) is 9.59 Å². The lowest BCUT2D eigenvalue weighted by molar-refractivity contribution is -0.143. The molecule has 0 saturated heterocycles. The van der Waals surface area contributed by atoms with Crippen LogP contribution in [0.3, 0.4) is 0 Å². The highest BCUT2D eigenvalue weighted by Crippen LogP contribution is 2.19. The summed E-state index contributed by atoms with van der Waals surface area (Å²) in [5, 5.41) is 9.44. The van der Waals surface area contributed by atoms with Crippen LogP contribution in [0.4, 0.5) is 0 Å². The zero-order chi connectivity index (χ0) is 13.0. The number of carboxylic acid groups (broad SMARTS) is 1. The third kappa shape index (κ3) is 4.63. The Bertz CT molecular complexity index is 428. The SMILES string of the molecule is CN(CC(=O)O)C(=O)Cc1cc(Cl)cc(Cl)c1. The average molecular weight is 276 g/mol. The Hall–Kier alpha value is -1.26. The highest BCUT2D eigenvalue weighted by molar-refractivity contribution is 6.34. The van der Waals surface area contributed by atoms with Gasteiger partial charge in [-0.15, -0.1) is 0 Å². The van der Waals surface area contributed by atoms with E-state index in [9.17, 15) is 9.59 Å². The zero-order valence-electron chi connectivity index (χ0n) is 9.11. The van der Waals surface area contributed by atoms with Gasteiger partial charge in [-0.1, -0.05) is 23.2 Å². The third-order valence-electron chi connectivity index (χ3n) is 2.08. The molecule has 4 nitrogen and oxygen atoms in total. The molecule has 0 aliphatic carbocycles. The van der Waals surface area contributed by atoms with Gasteiger partial charge in [0, 0.05) is 17.1 Å². The highest BCUT2D eigenvalue weighted by atomic mass is 35.5. The van der Waals surface area contributed by atoms with Crippen molar-refractivity contribution < 1.29 is 14.7 Å². The molecule has 6 heteroatoms. The smallest absolute Gasteiger partial charge is 0.323 e. The number of halogens is 2. The first-order valence-corrected chi connectivity index (χ1v) is 5.55. The predicted molar refractivity (Wildman–Crippen MR) is 65.4 cm³/mol. The summed E-state index contributed by atoms with van der Waals surface area (Å²) in [4.78, 5) is 23.2. The molecule has 17 heavy (non-hydrogen) atoms. The van der Waals surface area contributed by atoms with Crippen molar-refractivity contribution in [3.63, 3.8) is 0 Å². The lowest BCUT2D eigenvalue weighted by Gasteiger charge is -2.14. The van der Waals surface area contributed by atoms with Gasteiger partial charge in [0.25, 0.3) is 0 Å². The predicted octanol–water partition coefficient (Wildman–Crippen LogP) is 2.08. The molecule has 0 bridgehead atoms. The number of aliphatic carboxylic acids is 1. The van der Waals surface area contributed by atoms with Crippen LogP contribution < -0.4 is 0 Å². The molecule has 0 aromatic heterocycles. The Morgan fingerprint density at radius 3 is 2.24 bits per heavy atom. The molecule has 0 atom stereocenters. The molecule has 0 aliphatic rings. The second kappa shape index (κ2) is 5.89. The van der Waals surface area contributed by atoms with Crippen LogP contribution in [0.1, 0.15) is 5.56 Å². The molecule has 0 fully saturated rings. The van der Waals surface area contributed by atoms with Crippen LogP contribution in [0.2, 0.25) is 10.0 Å². The Balaban J connectivity index is 2.70. The van der Waals surface area contributed by atoms with Crippen molar-refractivity contribution in [1.82, 2.24) is 4.90 Å². The summed E-state index contributed by atoms with van der Waals surface area (Å²) >= 11 is 11.6. The van der Waals surface area contributed by atoms with Crippen LogP contribution in [0, 0.1) is 0 Å². The number of benzene rings is 1. The van der Waals surface area contributed by atoms with Crippen molar-refractivity contribution in [2.24, 2.45) is 0 Å². The van der Waals surface area contributed by atoms with Crippen LogP contribution in [-0.2, 0) is 16.0 Å². The number of hydrogen-bond acceptors (Lipinski definition) is 2. The quantitative estimate of drug-likeness (QED) is 0.915. The van der Waals surface area contributed by atoms with E-state index in [1.165, 1.54) is 7.05 Å². The average Bonchev–Trinajstić information content (AvgIpc) is 2.14. The van der Waals surface area contributed by atoms with Gasteiger partial charge in [0.05, 0.1) is 6.42 Å². The van der Waals surface area contributed by atoms with E-state index in [0.717, 1.165) is 4.90 Å². The molecule has 1 aromatic rings. The van der Waals surface area contributed by atoms with Crippen LogP contribution in [0.15, 0.2) is 18.2 Å². The normalized spacial score (nSPS) is 10.1. The Morgan fingerprint density at radius 1 is 1.24 bits per heavy atom. The summed E-state index contributed by atoms with van der Waals surface area (Å²) < 4.78 is 0. The standard InChI is InChI=1S/C11H11Cl2NO3/c1-14(6-11(16)17)10(15)4-7-2-8(12)5-9(13)3-7/h2-3,5H,4,6H2,1H3,(H,16,17). The van der Waals surface area contributed by atoms with Gasteiger partial charge in [0.2, 0.25) is 5.91 Å². The molecule has 1 N–H and O–H groups in total. The molecule has 0 aliphatic heterocycles. The van der Waals surface area contributed by atoms with E-state index in [0.29, 0.717) is 15.6 Å². The second-order valence-electron chi connectivity index (χ2n) is 3.60. The molecule has 0 spiro atoms. The minimum Gasteiger partial charge on any atom is -0.480 e. The number of amides is 1. The van der Waals surface area contributed by atoms with E-state index in [-0.39, 0.29) is 18.9 Å². The van der Waals surface area contributed by atoms with Gasteiger partial charge in [-0.2, -0.15) is 0 Å². The molecule has 1 aromatic carbocycles. The first kappa shape index (κ1) is 13.8. The van der Waals surface area contributed by atoms with Gasteiger partial charge in [0.1, 0.15) is 6.54 Å². The summed E-state index contributed by atoms with van der Waals surface area (Å²) in [5.41, 5.74) is 0.657. The molecule has 0 heterocycles. The third-order valence-corrected chi connectivity index (χ3v) is 2.51. The maximum atomic E-state index is 11.6. The van der Waals surface area contributed by atoms with Crippen LogP contribution in [0.5, 0.6) is 0 Å². The molecule has 92 valence electrons. The maximum absolute atomic E-state index is 11.6. The summed E-state index contributed by atoms with van der Waals surface area (Å²) in [7, 11) is 1.43. The van der Waals surface area contributed by atoms with Crippen molar-refractivity contribution in [2.75, 3.05) is 13.6 Å². The van der Waals surface area contributed by atoms with E-state index < -0.39 is 5.97 Å². The van der Waals surface area contributed by atoms with Crippen molar-refractivity contribution in [2.45, 2.75) is 6.42 Å². The number of carboxylic acids is 1. The Kier molecular flexibility index (Phi) is 4.78. The van der Waals surface area contributed by atoms with Gasteiger partial charge in [-0.05, 0) is 23.8 Å². The van der Waals surface area contributed by atoms with Crippen LogP contribution >= 0.6 is 23.2 Å². The van der Waals surface area contributed by atoms with Gasteiger partial charge in [0.15, 0.2) is 0 Å². The molecule has 1 amide bonds. The van der Waals surface area contributed by atoms with E-state index in [1.807, 2.05) is 0 Å². The maximum Gasteiger partial charge on any atom is 0.323 e. The number of nitrogens with zero attached hydrogens (tertiary/aromatic N) is 1. The van der Waals surface area contributed by atoms with E-state index in [4.69, 9.17) is 28.3 Å². The minimum atomic E-state index is -1.05. The van der Waals surface area contributed by atoms with Gasteiger partial charge >= 0.3 is 5.97 Å². The van der Waals surface area contributed by atoms with Crippen molar-refractivity contribution in [3.8, 4) is 0 Å². The lowest BCUT2D eigenvalue weighted by atomic mass is 10.1.